The molecule has 0 saturated heterocycles. The predicted molar refractivity (Wildman–Crippen MR) is 80.9 cm³/mol. The second-order valence-electron chi connectivity index (χ2n) is 5.20. The Kier molecular flexibility index (Phi) is 10.9. The van der Waals surface area contributed by atoms with E-state index in [2.05, 4.69) is 11.1 Å². The first-order valence-corrected chi connectivity index (χ1v) is 9.18. The van der Waals surface area contributed by atoms with Crippen LogP contribution in [0.25, 0.3) is 0 Å². The Labute approximate surface area is 127 Å². The van der Waals surface area contributed by atoms with Crippen molar-refractivity contribution in [1.82, 2.24) is 0 Å². The van der Waals surface area contributed by atoms with E-state index in [1.54, 1.807) is 0 Å². The normalized spacial score (nSPS) is 11.3. The van der Waals surface area contributed by atoms with Gasteiger partial charge in [-0.1, -0.05) is 58.3 Å². The SMILES string of the molecule is CCCCCCCCCCCC(=O)OS(=O)(=O)CC(N)=O. The molecule has 0 bridgehead atoms. The van der Waals surface area contributed by atoms with Crippen molar-refractivity contribution in [2.45, 2.75) is 71.1 Å². The maximum Gasteiger partial charge on any atom is 0.322 e. The molecule has 7 heteroatoms. The summed E-state index contributed by atoms with van der Waals surface area (Å²) in [6.07, 6.45) is 9.95. The fraction of sp³-hybridized carbons (Fsp3) is 0.857. The van der Waals surface area contributed by atoms with E-state index < -0.39 is 27.7 Å². The van der Waals surface area contributed by atoms with E-state index in [0.29, 0.717) is 6.42 Å². The van der Waals surface area contributed by atoms with E-state index in [-0.39, 0.29) is 6.42 Å². The van der Waals surface area contributed by atoms with Crippen LogP contribution in [0.3, 0.4) is 0 Å². The van der Waals surface area contributed by atoms with Crippen LogP contribution in [0.2, 0.25) is 0 Å². The van der Waals surface area contributed by atoms with Gasteiger partial charge in [-0.2, -0.15) is 8.42 Å². The monoisotopic (exact) mass is 321 g/mol. The molecule has 0 spiro atoms. The van der Waals surface area contributed by atoms with Gasteiger partial charge < -0.3 is 9.92 Å². The van der Waals surface area contributed by atoms with Crippen molar-refractivity contribution in [1.29, 1.82) is 0 Å². The third-order valence-corrected chi connectivity index (χ3v) is 4.10. The zero-order valence-electron chi connectivity index (χ0n) is 12.8. The number of primary amides is 1. The fourth-order valence-corrected chi connectivity index (χ4v) is 2.74. The van der Waals surface area contributed by atoms with E-state index in [4.69, 9.17) is 5.73 Å². The first-order valence-electron chi connectivity index (χ1n) is 7.60. The van der Waals surface area contributed by atoms with Crippen LogP contribution in [0, 0.1) is 0 Å². The Bertz CT molecular complexity index is 406. The van der Waals surface area contributed by atoms with E-state index in [1.807, 2.05) is 0 Å². The third kappa shape index (κ3) is 13.6. The molecule has 0 aromatic rings. The van der Waals surface area contributed by atoms with Gasteiger partial charge in [0.15, 0.2) is 5.75 Å². The lowest BCUT2D eigenvalue weighted by molar-refractivity contribution is -0.133. The summed E-state index contributed by atoms with van der Waals surface area (Å²) in [7, 11) is -4.16. The Morgan fingerprint density at radius 2 is 1.38 bits per heavy atom. The molecule has 0 heterocycles. The minimum Gasteiger partial charge on any atom is -0.369 e. The van der Waals surface area contributed by atoms with E-state index in [9.17, 15) is 18.0 Å². The zero-order valence-corrected chi connectivity index (χ0v) is 13.6. The molecule has 2 N–H and O–H groups in total. The van der Waals surface area contributed by atoms with Gasteiger partial charge >= 0.3 is 16.1 Å². The quantitative estimate of drug-likeness (QED) is 0.414. The highest BCUT2D eigenvalue weighted by Crippen LogP contribution is 2.11. The van der Waals surface area contributed by atoms with Crippen LogP contribution in [0.5, 0.6) is 0 Å². The molecule has 6 nitrogen and oxygen atoms in total. The Morgan fingerprint density at radius 3 is 1.86 bits per heavy atom. The summed E-state index contributed by atoms with van der Waals surface area (Å²) in [5.41, 5.74) is 4.74. The number of carbonyl (C=O) groups is 2. The van der Waals surface area contributed by atoms with E-state index in [0.717, 1.165) is 19.3 Å². The molecular formula is C14H27NO5S. The second-order valence-corrected chi connectivity index (χ2v) is 6.77. The van der Waals surface area contributed by atoms with Crippen molar-refractivity contribution < 1.29 is 22.2 Å². The zero-order chi connectivity index (χ0) is 16.1. The molecule has 124 valence electrons. The van der Waals surface area contributed by atoms with Crippen molar-refractivity contribution in [2.24, 2.45) is 5.73 Å². The standard InChI is InChI=1S/C14H27NO5S/c1-2-3-4-5-6-7-8-9-10-11-14(17)20-21(18,19)12-13(15)16/h2-12H2,1H3,(H2,15,16). The van der Waals surface area contributed by atoms with Crippen LogP contribution >= 0.6 is 0 Å². The molecule has 0 aliphatic carbocycles. The number of hydrogen-bond acceptors (Lipinski definition) is 5. The number of nitrogens with two attached hydrogens (primary N) is 1. The molecule has 0 fully saturated rings. The van der Waals surface area contributed by atoms with Crippen molar-refractivity contribution in [2.75, 3.05) is 5.75 Å². The highest BCUT2D eigenvalue weighted by atomic mass is 32.2. The molecule has 1 amide bonds. The molecule has 0 aliphatic heterocycles. The number of hydrogen-bond donors (Lipinski definition) is 1. The Morgan fingerprint density at radius 1 is 0.905 bits per heavy atom. The predicted octanol–water partition coefficient (Wildman–Crippen LogP) is 2.27. The molecule has 0 atom stereocenters. The van der Waals surface area contributed by atoms with Crippen LogP contribution in [0.1, 0.15) is 71.1 Å². The third-order valence-electron chi connectivity index (χ3n) is 3.02. The molecule has 0 aromatic carbocycles. The van der Waals surface area contributed by atoms with Gasteiger partial charge in [0.05, 0.1) is 0 Å². The Balaban J connectivity index is 3.56. The van der Waals surface area contributed by atoms with Gasteiger partial charge in [-0.25, -0.2) is 0 Å². The lowest BCUT2D eigenvalue weighted by Gasteiger charge is -2.04. The van der Waals surface area contributed by atoms with Gasteiger partial charge in [-0.05, 0) is 6.42 Å². The lowest BCUT2D eigenvalue weighted by atomic mass is 10.1. The minimum absolute atomic E-state index is 0.0494. The summed E-state index contributed by atoms with van der Waals surface area (Å²) in [5.74, 6) is -2.82. The Hall–Kier alpha value is -1.11. The van der Waals surface area contributed by atoms with Crippen LogP contribution < -0.4 is 5.73 Å². The van der Waals surface area contributed by atoms with Gasteiger partial charge in [0.1, 0.15) is 0 Å². The first-order chi connectivity index (χ1) is 9.87. The number of carbonyl (C=O) groups excluding carboxylic acids is 2. The van der Waals surface area contributed by atoms with Crippen molar-refractivity contribution >= 4 is 22.0 Å². The summed E-state index contributed by atoms with van der Waals surface area (Å²) in [6.45, 7) is 2.18. The van der Waals surface area contributed by atoms with E-state index in [1.165, 1.54) is 32.1 Å². The smallest absolute Gasteiger partial charge is 0.322 e. The number of rotatable bonds is 13. The maximum absolute atomic E-state index is 11.3. The minimum atomic E-state index is -4.16. The van der Waals surface area contributed by atoms with Gasteiger partial charge in [-0.3, -0.25) is 9.59 Å². The number of unbranched alkanes of at least 4 members (excludes halogenated alkanes) is 8. The van der Waals surface area contributed by atoms with Crippen LogP contribution in [0.15, 0.2) is 0 Å². The number of amides is 1. The summed E-state index contributed by atoms with van der Waals surface area (Å²) in [6, 6.07) is 0. The highest BCUT2D eigenvalue weighted by Gasteiger charge is 2.19. The summed E-state index contributed by atoms with van der Waals surface area (Å²) < 4.78 is 26.6. The van der Waals surface area contributed by atoms with Gasteiger partial charge in [0.2, 0.25) is 5.91 Å². The largest absolute Gasteiger partial charge is 0.369 e. The summed E-state index contributed by atoms with van der Waals surface area (Å²) in [4.78, 5) is 21.8. The molecular weight excluding hydrogens is 294 g/mol. The van der Waals surface area contributed by atoms with Crippen molar-refractivity contribution in [3.63, 3.8) is 0 Å². The van der Waals surface area contributed by atoms with E-state index >= 15 is 0 Å². The summed E-state index contributed by atoms with van der Waals surface area (Å²) >= 11 is 0. The molecule has 0 aliphatic rings. The topological polar surface area (TPSA) is 104 Å². The second kappa shape index (κ2) is 11.5. The highest BCUT2D eigenvalue weighted by molar-refractivity contribution is 7.87. The van der Waals surface area contributed by atoms with Crippen LogP contribution in [-0.4, -0.2) is 26.0 Å². The average molecular weight is 321 g/mol. The van der Waals surface area contributed by atoms with Crippen molar-refractivity contribution in [3.8, 4) is 0 Å². The van der Waals surface area contributed by atoms with Crippen LogP contribution in [-0.2, 0) is 23.9 Å². The van der Waals surface area contributed by atoms with Gasteiger partial charge in [-0.15, -0.1) is 0 Å². The fourth-order valence-electron chi connectivity index (χ4n) is 1.97. The lowest BCUT2D eigenvalue weighted by Crippen LogP contribution is -2.26. The molecule has 0 aromatic heterocycles. The van der Waals surface area contributed by atoms with Crippen LogP contribution in [0.4, 0.5) is 0 Å². The van der Waals surface area contributed by atoms with Gasteiger partial charge in [0.25, 0.3) is 0 Å². The first kappa shape index (κ1) is 19.9. The molecule has 0 saturated carbocycles. The van der Waals surface area contributed by atoms with Gasteiger partial charge in [0, 0.05) is 6.42 Å². The molecule has 0 unspecified atom stereocenters. The molecule has 21 heavy (non-hydrogen) atoms. The maximum atomic E-state index is 11.3. The molecule has 0 radical (unpaired) electrons. The summed E-state index contributed by atoms with van der Waals surface area (Å²) in [5, 5.41) is 0. The van der Waals surface area contributed by atoms with Crippen molar-refractivity contribution in [3.05, 3.63) is 0 Å². The molecule has 0 rings (SSSR count). The average Bonchev–Trinajstić information content (AvgIpc) is 2.34.